The fourth-order valence-corrected chi connectivity index (χ4v) is 5.78. The second kappa shape index (κ2) is 8.81. The van der Waals surface area contributed by atoms with Crippen LogP contribution in [0.2, 0.25) is 0 Å². The summed E-state index contributed by atoms with van der Waals surface area (Å²) < 4.78 is 12.4. The van der Waals surface area contributed by atoms with E-state index in [2.05, 4.69) is 41.4 Å². The molecule has 4 heterocycles. The molecular formula is C36H20N4O2. The van der Waals surface area contributed by atoms with Crippen molar-refractivity contribution in [3.05, 3.63) is 121 Å². The zero-order valence-electron chi connectivity index (χ0n) is 22.2. The number of benzene rings is 5. The molecule has 0 amide bonds. The Morgan fingerprint density at radius 3 is 2.02 bits per heavy atom. The van der Waals surface area contributed by atoms with E-state index in [0.717, 1.165) is 65.8 Å². The lowest BCUT2D eigenvalue weighted by Crippen LogP contribution is -2.00. The molecule has 0 saturated heterocycles. The second-order valence-electron chi connectivity index (χ2n) is 10.3. The first-order valence-electron chi connectivity index (χ1n) is 13.7. The Balaban J connectivity index is 1.30. The monoisotopic (exact) mass is 540 g/mol. The lowest BCUT2D eigenvalue weighted by atomic mass is 10.0. The molecule has 6 nitrogen and oxygen atoms in total. The first-order valence-corrected chi connectivity index (χ1v) is 13.7. The van der Waals surface area contributed by atoms with Crippen LogP contribution in [0.3, 0.4) is 0 Å². The normalized spacial score (nSPS) is 11.8. The summed E-state index contributed by atoms with van der Waals surface area (Å²) in [6, 6.07) is 38.6. The van der Waals surface area contributed by atoms with Crippen molar-refractivity contribution in [1.29, 1.82) is 0 Å². The number of nitrogens with zero attached hydrogens (tertiary/aromatic N) is 4. The summed E-state index contributed by atoms with van der Waals surface area (Å²) in [5.74, 6) is 1.69. The van der Waals surface area contributed by atoms with E-state index in [9.17, 15) is 0 Å². The van der Waals surface area contributed by atoms with Gasteiger partial charge in [0.1, 0.15) is 16.7 Å². The molecule has 4 aromatic heterocycles. The summed E-state index contributed by atoms with van der Waals surface area (Å²) >= 11 is 0. The van der Waals surface area contributed by atoms with E-state index in [-0.39, 0.29) is 0 Å². The Hall–Kier alpha value is -5.88. The van der Waals surface area contributed by atoms with E-state index in [0.29, 0.717) is 23.2 Å². The van der Waals surface area contributed by atoms with Crippen LogP contribution in [0.1, 0.15) is 0 Å². The van der Waals surface area contributed by atoms with Gasteiger partial charge in [0, 0.05) is 39.0 Å². The van der Waals surface area contributed by atoms with E-state index in [1.807, 2.05) is 78.9 Å². The molecule has 0 bridgehead atoms. The fraction of sp³-hybridized carbons (Fsp3) is 0. The van der Waals surface area contributed by atoms with Gasteiger partial charge in [-0.05, 0) is 47.2 Å². The van der Waals surface area contributed by atoms with Crippen molar-refractivity contribution in [2.45, 2.75) is 0 Å². The van der Waals surface area contributed by atoms with Gasteiger partial charge >= 0.3 is 0 Å². The maximum Gasteiger partial charge on any atom is 0.228 e. The number of hydrogen-bond acceptors (Lipinski definition) is 6. The van der Waals surface area contributed by atoms with Crippen LogP contribution in [0.15, 0.2) is 130 Å². The summed E-state index contributed by atoms with van der Waals surface area (Å²) in [5.41, 5.74) is 5.54. The van der Waals surface area contributed by atoms with Gasteiger partial charge in [0.25, 0.3) is 0 Å². The van der Waals surface area contributed by atoms with Crippen LogP contribution < -0.4 is 0 Å². The van der Waals surface area contributed by atoms with Crippen LogP contribution in [0, 0.1) is 0 Å². The summed E-state index contributed by atoms with van der Waals surface area (Å²) in [6.45, 7) is 0. The van der Waals surface area contributed by atoms with Crippen LogP contribution >= 0.6 is 0 Å². The van der Waals surface area contributed by atoms with Gasteiger partial charge in [0.05, 0.1) is 5.39 Å². The van der Waals surface area contributed by atoms with Crippen molar-refractivity contribution >= 4 is 54.8 Å². The molecule has 9 aromatic rings. The Morgan fingerprint density at radius 2 is 1.14 bits per heavy atom. The third-order valence-corrected chi connectivity index (χ3v) is 7.79. The summed E-state index contributed by atoms with van der Waals surface area (Å²) in [7, 11) is 0. The first kappa shape index (κ1) is 22.9. The van der Waals surface area contributed by atoms with Gasteiger partial charge in [-0.15, -0.1) is 0 Å². The number of pyridine rings is 1. The van der Waals surface area contributed by atoms with Crippen molar-refractivity contribution in [1.82, 2.24) is 19.9 Å². The molecule has 5 aromatic carbocycles. The Kier molecular flexibility index (Phi) is 4.80. The van der Waals surface area contributed by atoms with E-state index in [4.69, 9.17) is 23.8 Å². The van der Waals surface area contributed by atoms with E-state index in [1.54, 1.807) is 6.20 Å². The standard InChI is InChI=1S/C36H20N4O2/c1-2-8-21(9-3-1)33-38-34(24-14-15-26-25-12-6-7-13-29(25)41-30(26)20-24)40-35(39-33)27-16-17-37-36-32(27)28-18-22-10-4-5-11-23(22)19-31(28)42-36/h1-20H. The van der Waals surface area contributed by atoms with Crippen molar-refractivity contribution < 1.29 is 8.83 Å². The molecule has 0 N–H and O–H groups in total. The van der Waals surface area contributed by atoms with Gasteiger partial charge in [-0.3, -0.25) is 0 Å². The van der Waals surface area contributed by atoms with Gasteiger partial charge < -0.3 is 8.83 Å². The minimum atomic E-state index is 0.546. The first-order chi connectivity index (χ1) is 20.8. The zero-order valence-corrected chi connectivity index (χ0v) is 22.2. The maximum absolute atomic E-state index is 6.23. The highest BCUT2D eigenvalue weighted by atomic mass is 16.3. The van der Waals surface area contributed by atoms with Gasteiger partial charge in [-0.25, -0.2) is 19.9 Å². The van der Waals surface area contributed by atoms with Gasteiger partial charge in [0.2, 0.25) is 5.71 Å². The minimum absolute atomic E-state index is 0.546. The van der Waals surface area contributed by atoms with Crippen LogP contribution in [0.5, 0.6) is 0 Å². The molecule has 0 saturated carbocycles. The van der Waals surface area contributed by atoms with E-state index < -0.39 is 0 Å². The van der Waals surface area contributed by atoms with Crippen LogP contribution in [-0.4, -0.2) is 19.9 Å². The van der Waals surface area contributed by atoms with Crippen molar-refractivity contribution in [2.24, 2.45) is 0 Å². The fourth-order valence-electron chi connectivity index (χ4n) is 5.78. The number of rotatable bonds is 3. The average Bonchev–Trinajstić information content (AvgIpc) is 3.61. The average molecular weight is 541 g/mol. The van der Waals surface area contributed by atoms with Gasteiger partial charge in [0.15, 0.2) is 17.5 Å². The Morgan fingerprint density at radius 1 is 0.452 bits per heavy atom. The summed E-state index contributed by atoms with van der Waals surface area (Å²) in [4.78, 5) is 19.5. The Bertz CT molecular complexity index is 2480. The number of aromatic nitrogens is 4. The molecule has 0 unspecified atom stereocenters. The van der Waals surface area contributed by atoms with Crippen LogP contribution in [0.4, 0.5) is 0 Å². The molecule has 0 aliphatic rings. The molecule has 0 spiro atoms. The number of furan rings is 2. The van der Waals surface area contributed by atoms with Crippen LogP contribution in [0.25, 0.3) is 88.9 Å². The Labute approximate surface area is 238 Å². The smallest absolute Gasteiger partial charge is 0.228 e. The highest BCUT2D eigenvalue weighted by Gasteiger charge is 2.19. The molecule has 0 fully saturated rings. The van der Waals surface area contributed by atoms with Crippen molar-refractivity contribution in [2.75, 3.05) is 0 Å². The van der Waals surface area contributed by atoms with Gasteiger partial charge in [-0.2, -0.15) is 0 Å². The predicted molar refractivity (Wildman–Crippen MR) is 166 cm³/mol. The third kappa shape index (κ3) is 3.52. The molecule has 0 radical (unpaired) electrons. The number of para-hydroxylation sites is 1. The molecular weight excluding hydrogens is 520 g/mol. The summed E-state index contributed by atoms with van der Waals surface area (Å²) in [5, 5.41) is 6.22. The quantitative estimate of drug-likeness (QED) is 0.222. The summed E-state index contributed by atoms with van der Waals surface area (Å²) in [6.07, 6.45) is 1.74. The van der Waals surface area contributed by atoms with E-state index >= 15 is 0 Å². The van der Waals surface area contributed by atoms with Gasteiger partial charge in [-0.1, -0.05) is 78.9 Å². The molecule has 0 aliphatic carbocycles. The van der Waals surface area contributed by atoms with Crippen LogP contribution in [-0.2, 0) is 0 Å². The minimum Gasteiger partial charge on any atom is -0.456 e. The SMILES string of the molecule is c1ccc(-c2nc(-c3ccc4c(c3)oc3ccccc34)nc(-c3ccnc4oc5cc6ccccc6cc5c34)n2)cc1. The largest absolute Gasteiger partial charge is 0.456 e. The van der Waals surface area contributed by atoms with E-state index in [1.165, 1.54) is 0 Å². The highest BCUT2D eigenvalue weighted by molar-refractivity contribution is 6.14. The molecule has 0 atom stereocenters. The lowest BCUT2D eigenvalue weighted by molar-refractivity contribution is 0.654. The predicted octanol–water partition coefficient (Wildman–Crippen LogP) is 9.22. The topological polar surface area (TPSA) is 77.8 Å². The molecule has 6 heteroatoms. The second-order valence-corrected chi connectivity index (χ2v) is 10.3. The number of hydrogen-bond donors (Lipinski definition) is 0. The number of fused-ring (bicyclic) bond motifs is 7. The van der Waals surface area contributed by atoms with Crippen molar-refractivity contribution in [3.63, 3.8) is 0 Å². The molecule has 0 aliphatic heterocycles. The molecule has 9 rings (SSSR count). The highest BCUT2D eigenvalue weighted by Crippen LogP contribution is 2.38. The lowest BCUT2D eigenvalue weighted by Gasteiger charge is -2.09. The third-order valence-electron chi connectivity index (χ3n) is 7.79. The zero-order chi connectivity index (χ0) is 27.6. The van der Waals surface area contributed by atoms with Crippen molar-refractivity contribution in [3.8, 4) is 34.2 Å². The molecule has 196 valence electrons. The molecule has 42 heavy (non-hydrogen) atoms. The maximum atomic E-state index is 6.23.